The van der Waals surface area contributed by atoms with Gasteiger partial charge in [0, 0.05) is 24.9 Å². The van der Waals surface area contributed by atoms with E-state index in [1.807, 2.05) is 13.8 Å². The maximum absolute atomic E-state index is 13.2. The third-order valence-electron chi connectivity index (χ3n) is 5.70. The number of nitrogens with one attached hydrogen (secondary N) is 4. The van der Waals surface area contributed by atoms with Gasteiger partial charge in [0.05, 0.1) is 19.6 Å². The number of carbonyl (C=O) groups is 5. The van der Waals surface area contributed by atoms with Crippen molar-refractivity contribution in [2.24, 2.45) is 17.0 Å². The fourth-order valence-corrected chi connectivity index (χ4v) is 3.86. The molecule has 15 nitrogen and oxygen atoms in total. The quantitative estimate of drug-likeness (QED) is 0.0601. The van der Waals surface area contributed by atoms with Crippen LogP contribution in [0.15, 0.2) is 29.1 Å². The first-order valence-electron chi connectivity index (χ1n) is 13.0. The number of rotatable bonds is 18. The minimum absolute atomic E-state index is 0.0220. The largest absolute Gasteiger partial charge is 0.508 e. The second-order valence-corrected chi connectivity index (χ2v) is 9.68. The predicted molar refractivity (Wildman–Crippen MR) is 144 cm³/mol. The van der Waals surface area contributed by atoms with Crippen molar-refractivity contribution in [3.63, 3.8) is 0 Å². The minimum Gasteiger partial charge on any atom is -0.508 e. The molecule has 6 N–H and O–H groups in total. The number of azide groups is 1. The summed E-state index contributed by atoms with van der Waals surface area (Å²) in [6.07, 6.45) is 5.02. The van der Waals surface area contributed by atoms with Crippen molar-refractivity contribution in [1.29, 1.82) is 0 Å². The first-order chi connectivity index (χ1) is 18.9. The van der Waals surface area contributed by atoms with E-state index < -0.39 is 54.1 Å². The van der Waals surface area contributed by atoms with Gasteiger partial charge >= 0.3 is 5.97 Å². The van der Waals surface area contributed by atoms with Gasteiger partial charge in [0.2, 0.25) is 23.6 Å². The van der Waals surface area contributed by atoms with E-state index in [9.17, 15) is 34.2 Å². The average molecular weight is 566 g/mol. The average Bonchev–Trinajstić information content (AvgIpc) is 2.87. The van der Waals surface area contributed by atoms with Gasteiger partial charge in [-0.25, -0.2) is 0 Å². The normalized spacial score (nSPS) is 16.5. The molecule has 4 atom stereocenters. The molecular formula is C25H39N7O8. The van der Waals surface area contributed by atoms with Gasteiger partial charge in [-0.3, -0.25) is 24.0 Å². The number of aliphatic hydroxyl groups excluding tert-OH is 1. The van der Waals surface area contributed by atoms with Crippen LogP contribution in [0.25, 0.3) is 10.4 Å². The van der Waals surface area contributed by atoms with Gasteiger partial charge in [0.15, 0.2) is 0 Å². The maximum Gasteiger partial charge on any atom is 0.305 e. The van der Waals surface area contributed by atoms with Crippen LogP contribution in [0.5, 0.6) is 0 Å². The van der Waals surface area contributed by atoms with Crippen LogP contribution in [-0.4, -0.2) is 84.2 Å². The first-order valence-corrected chi connectivity index (χ1v) is 13.0. The highest BCUT2D eigenvalue weighted by Crippen LogP contribution is 2.20. The Bertz CT molecular complexity index is 1010. The lowest BCUT2D eigenvalue weighted by molar-refractivity contribution is -0.141. The van der Waals surface area contributed by atoms with E-state index in [1.54, 1.807) is 12.2 Å². The molecule has 1 aliphatic carbocycles. The summed E-state index contributed by atoms with van der Waals surface area (Å²) in [5.74, 6) is -3.95. The van der Waals surface area contributed by atoms with E-state index in [1.165, 1.54) is 13.0 Å². The van der Waals surface area contributed by atoms with E-state index in [-0.39, 0.29) is 56.7 Å². The molecule has 0 fully saturated rings. The lowest BCUT2D eigenvalue weighted by Gasteiger charge is -2.27. The van der Waals surface area contributed by atoms with Gasteiger partial charge in [0.25, 0.3) is 0 Å². The van der Waals surface area contributed by atoms with Gasteiger partial charge in [-0.1, -0.05) is 25.0 Å². The van der Waals surface area contributed by atoms with E-state index in [2.05, 4.69) is 31.3 Å². The van der Waals surface area contributed by atoms with Crippen LogP contribution in [0.3, 0.4) is 0 Å². The molecule has 15 heteroatoms. The van der Waals surface area contributed by atoms with Crippen LogP contribution in [0.1, 0.15) is 46.5 Å². The van der Waals surface area contributed by atoms with Crippen molar-refractivity contribution >= 4 is 29.6 Å². The van der Waals surface area contributed by atoms with Crippen molar-refractivity contribution in [3.8, 4) is 0 Å². The summed E-state index contributed by atoms with van der Waals surface area (Å²) in [6.45, 7) is 5.27. The third kappa shape index (κ3) is 14.2. The Kier molecular flexibility index (Phi) is 15.5. The summed E-state index contributed by atoms with van der Waals surface area (Å²) < 4.78 is 5.18. The second kappa shape index (κ2) is 18.2. The van der Waals surface area contributed by atoms with E-state index in [0.717, 1.165) is 0 Å². The molecule has 0 saturated carbocycles. The highest BCUT2D eigenvalue weighted by molar-refractivity contribution is 5.95. The van der Waals surface area contributed by atoms with Crippen molar-refractivity contribution in [2.45, 2.75) is 64.6 Å². The number of aliphatic hydroxyl groups is 1. The lowest BCUT2D eigenvalue weighted by Crippen LogP contribution is -2.57. The Morgan fingerprint density at radius 3 is 2.33 bits per heavy atom. The SMILES string of the molecule is CC(=O)N[C@@H](CC1C=CC(O)=CC1)C(=O)N[C@H](CC(C)C)C(=O)N[C@@H](CC(=O)O)C(=O)NCCOCCN=[N+]=[N-]. The zero-order valence-electron chi connectivity index (χ0n) is 23.0. The zero-order valence-corrected chi connectivity index (χ0v) is 23.0. The minimum atomic E-state index is -1.42. The summed E-state index contributed by atoms with van der Waals surface area (Å²) >= 11 is 0. The monoisotopic (exact) mass is 565 g/mol. The van der Waals surface area contributed by atoms with E-state index in [0.29, 0.717) is 6.42 Å². The maximum atomic E-state index is 13.2. The number of carboxylic acid groups (broad SMARTS) is 1. The molecule has 0 heterocycles. The van der Waals surface area contributed by atoms with Crippen molar-refractivity contribution in [3.05, 3.63) is 34.4 Å². The van der Waals surface area contributed by atoms with Gasteiger partial charge < -0.3 is 36.2 Å². The number of carbonyl (C=O) groups excluding carboxylic acids is 4. The summed E-state index contributed by atoms with van der Waals surface area (Å²) in [5.41, 5.74) is 8.23. The molecule has 0 spiro atoms. The third-order valence-corrected chi connectivity index (χ3v) is 5.70. The smallest absolute Gasteiger partial charge is 0.305 e. The van der Waals surface area contributed by atoms with Gasteiger partial charge in [0.1, 0.15) is 23.9 Å². The van der Waals surface area contributed by atoms with Crippen LogP contribution in [0.4, 0.5) is 0 Å². The molecule has 0 bridgehead atoms. The number of hydrogen-bond acceptors (Lipinski definition) is 8. The van der Waals surface area contributed by atoms with Gasteiger partial charge in [-0.05, 0) is 48.8 Å². The molecule has 0 radical (unpaired) electrons. The molecule has 0 aromatic carbocycles. The summed E-state index contributed by atoms with van der Waals surface area (Å²) in [7, 11) is 0. The van der Waals surface area contributed by atoms with Crippen molar-refractivity contribution in [2.75, 3.05) is 26.3 Å². The standard InChI is InChI=1S/C25H39N7O8/c1-15(2)12-19(30-25(39)20(29-16(3)33)13-17-4-6-18(34)7-5-17)24(38)31-21(14-22(35)36)23(37)27-8-10-40-11-9-28-32-26/h4,6-7,15,17,19-21,34H,5,8-14H2,1-3H3,(H,27,37)(H,29,33)(H,30,39)(H,31,38)(H,35,36)/t17?,19-,20+,21+/m1/s1. The number of amides is 4. The summed E-state index contributed by atoms with van der Waals surface area (Å²) in [4.78, 5) is 64.7. The van der Waals surface area contributed by atoms with Crippen LogP contribution in [0.2, 0.25) is 0 Å². The van der Waals surface area contributed by atoms with E-state index >= 15 is 0 Å². The summed E-state index contributed by atoms with van der Waals surface area (Å²) in [5, 5.41) is 32.2. The fraction of sp³-hybridized carbons (Fsp3) is 0.640. The van der Waals surface area contributed by atoms with Crippen LogP contribution >= 0.6 is 0 Å². The molecule has 0 aliphatic heterocycles. The molecule has 4 amide bonds. The zero-order chi connectivity index (χ0) is 30.1. The Labute approximate surface area is 232 Å². The molecular weight excluding hydrogens is 526 g/mol. The lowest BCUT2D eigenvalue weighted by atomic mass is 9.92. The van der Waals surface area contributed by atoms with Crippen LogP contribution in [-0.2, 0) is 28.7 Å². The Hall–Kier alpha value is -4.10. The first kappa shape index (κ1) is 33.9. The molecule has 0 aromatic heterocycles. The molecule has 40 heavy (non-hydrogen) atoms. The Morgan fingerprint density at radius 1 is 1.07 bits per heavy atom. The van der Waals surface area contributed by atoms with Crippen molar-refractivity contribution in [1.82, 2.24) is 21.3 Å². The Morgan fingerprint density at radius 2 is 1.75 bits per heavy atom. The predicted octanol–water partition coefficient (Wildman–Crippen LogP) is 0.833. The number of carboxylic acids is 1. The van der Waals surface area contributed by atoms with E-state index in [4.69, 9.17) is 10.3 Å². The molecule has 0 saturated heterocycles. The highest BCUT2D eigenvalue weighted by atomic mass is 16.5. The molecule has 1 aliphatic rings. The fourth-order valence-electron chi connectivity index (χ4n) is 3.86. The number of ether oxygens (including phenoxy) is 1. The number of allylic oxidation sites excluding steroid dienone is 3. The van der Waals surface area contributed by atoms with Crippen molar-refractivity contribution < 1.29 is 38.9 Å². The molecule has 222 valence electrons. The Balaban J connectivity index is 2.88. The topological polar surface area (TPSA) is 232 Å². The molecule has 1 rings (SSSR count). The van der Waals surface area contributed by atoms with Crippen LogP contribution in [0, 0.1) is 11.8 Å². The molecule has 0 aromatic rings. The van der Waals surface area contributed by atoms with Crippen LogP contribution < -0.4 is 21.3 Å². The number of nitrogens with zero attached hydrogens (tertiary/aromatic N) is 3. The summed E-state index contributed by atoms with van der Waals surface area (Å²) in [6, 6.07) is -3.50. The highest BCUT2D eigenvalue weighted by Gasteiger charge is 2.31. The van der Waals surface area contributed by atoms with Gasteiger partial charge in [-0.15, -0.1) is 0 Å². The number of aliphatic carboxylic acids is 1. The number of hydrogen-bond donors (Lipinski definition) is 6. The molecule has 1 unspecified atom stereocenters. The van der Waals surface area contributed by atoms with Gasteiger partial charge in [-0.2, -0.15) is 0 Å². The second-order valence-electron chi connectivity index (χ2n) is 9.68.